The molecule has 7 nitrogen and oxygen atoms in total. The Bertz CT molecular complexity index is 1150. The number of hydrogen-bond acceptors (Lipinski definition) is 7. The molecule has 0 bridgehead atoms. The summed E-state index contributed by atoms with van der Waals surface area (Å²) in [6.45, 7) is 5.60. The van der Waals surface area contributed by atoms with Crippen molar-refractivity contribution in [3.63, 3.8) is 0 Å². The topological polar surface area (TPSA) is 94.6 Å². The number of carbonyl (C=O) groups is 2. The summed E-state index contributed by atoms with van der Waals surface area (Å²) >= 11 is 4.69. The summed E-state index contributed by atoms with van der Waals surface area (Å²) in [7, 11) is -3.21. The van der Waals surface area contributed by atoms with Crippen molar-refractivity contribution in [2.75, 3.05) is 18.5 Å². The number of hydrogen-bond donors (Lipinski definition) is 1. The molecule has 2 aromatic carbocycles. The fourth-order valence-electron chi connectivity index (χ4n) is 2.99. The Kier molecular flexibility index (Phi) is 7.78. The Labute approximate surface area is 192 Å². The molecule has 0 saturated heterocycles. The molecule has 0 aliphatic rings. The van der Waals surface area contributed by atoms with Crippen LogP contribution in [0, 0.1) is 0 Å². The molecule has 0 saturated carbocycles. The zero-order chi connectivity index (χ0) is 22.6. The van der Waals surface area contributed by atoms with Gasteiger partial charge in [0.25, 0.3) is 5.91 Å². The summed E-state index contributed by atoms with van der Waals surface area (Å²) in [5, 5.41) is 3.18. The molecule has 0 spiro atoms. The third kappa shape index (κ3) is 5.87. The van der Waals surface area contributed by atoms with Gasteiger partial charge in [0.05, 0.1) is 29.6 Å². The van der Waals surface area contributed by atoms with Gasteiger partial charge in [0, 0.05) is 15.6 Å². The Balaban J connectivity index is 1.76. The lowest BCUT2D eigenvalue weighted by Gasteiger charge is -2.17. The first-order chi connectivity index (χ1) is 14.7. The van der Waals surface area contributed by atoms with Gasteiger partial charge in [-0.3, -0.25) is 19.5 Å². The summed E-state index contributed by atoms with van der Waals surface area (Å²) in [6.07, 6.45) is 0.136. The minimum absolute atomic E-state index is 0.0959. The predicted molar refractivity (Wildman–Crippen MR) is 126 cm³/mol. The minimum atomic E-state index is -3.21. The smallest absolute Gasteiger partial charge is 0.309 e. The Hall–Kier alpha value is -1.90. The molecule has 0 radical (unpaired) electrons. The lowest BCUT2D eigenvalue weighted by atomic mass is 10.1. The lowest BCUT2D eigenvalue weighted by Crippen LogP contribution is -2.11. The highest BCUT2D eigenvalue weighted by Gasteiger charge is 2.24. The molecule has 3 aromatic rings. The molecule has 0 unspecified atom stereocenters. The second kappa shape index (κ2) is 10.1. The maximum absolute atomic E-state index is 12.7. The van der Waals surface area contributed by atoms with Crippen LogP contribution in [0.4, 0.5) is 5.13 Å². The summed E-state index contributed by atoms with van der Waals surface area (Å²) < 4.78 is 24.9. The van der Waals surface area contributed by atoms with Gasteiger partial charge in [0.2, 0.25) is 0 Å². The number of rotatable bonds is 9. The van der Waals surface area contributed by atoms with Crippen LogP contribution in [-0.2, 0) is 19.8 Å². The molecular weight excluding hydrogens is 503 g/mol. The maximum atomic E-state index is 12.7. The number of benzene rings is 2. The van der Waals surface area contributed by atoms with Crippen LogP contribution in [0.5, 0.6) is 0 Å². The number of carbonyl (C=O) groups excluding carboxylic acids is 2. The molecule has 0 aliphatic carbocycles. The number of Topliss-reactive ketones (excluding diaryl/α,β-unsaturated/α-hetero) is 1. The first-order valence-electron chi connectivity index (χ1n) is 9.64. The van der Waals surface area contributed by atoms with E-state index in [1.54, 1.807) is 44.2 Å². The molecule has 1 aromatic heterocycles. The average Bonchev–Trinajstić information content (AvgIpc) is 3.09. The minimum Gasteiger partial charge on any atom is -0.309 e. The summed E-state index contributed by atoms with van der Waals surface area (Å²) in [5.74, 6) is -0.423. The largest absolute Gasteiger partial charge is 0.335 e. The van der Waals surface area contributed by atoms with Crippen LogP contribution in [0.3, 0.4) is 0 Å². The van der Waals surface area contributed by atoms with Gasteiger partial charge in [0.1, 0.15) is 0 Å². The molecule has 31 heavy (non-hydrogen) atoms. The molecule has 0 fully saturated rings. The van der Waals surface area contributed by atoms with Gasteiger partial charge >= 0.3 is 7.60 Å². The van der Waals surface area contributed by atoms with E-state index in [0.29, 0.717) is 35.0 Å². The number of ketones is 1. The van der Waals surface area contributed by atoms with Crippen LogP contribution >= 0.6 is 34.9 Å². The Morgan fingerprint density at radius 1 is 1.13 bits per heavy atom. The SMILES string of the molecule is CCOP(=O)(Cc1ccc(C(=O)Nc2nc3c(C(C)=O)cc(Br)cc3s2)cc1)OCC. The van der Waals surface area contributed by atoms with Crippen molar-refractivity contribution >= 4 is 61.9 Å². The fraction of sp³-hybridized carbons (Fsp3) is 0.286. The van der Waals surface area contributed by atoms with Crippen molar-refractivity contribution in [1.82, 2.24) is 4.98 Å². The van der Waals surface area contributed by atoms with Crippen LogP contribution in [0.25, 0.3) is 10.2 Å². The molecule has 1 heterocycles. The zero-order valence-corrected chi connectivity index (χ0v) is 20.6. The highest BCUT2D eigenvalue weighted by Crippen LogP contribution is 2.51. The van der Waals surface area contributed by atoms with E-state index in [1.165, 1.54) is 18.3 Å². The molecule has 3 rings (SSSR count). The van der Waals surface area contributed by atoms with E-state index in [1.807, 2.05) is 6.07 Å². The Morgan fingerprint density at radius 2 is 1.77 bits per heavy atom. The fourth-order valence-corrected chi connectivity index (χ4v) is 6.23. The molecular formula is C21H22BrN2O5PS. The predicted octanol–water partition coefficient (Wildman–Crippen LogP) is 6.28. The number of aromatic nitrogens is 1. The van der Waals surface area contributed by atoms with Crippen LogP contribution < -0.4 is 5.32 Å². The van der Waals surface area contributed by atoms with Crippen molar-refractivity contribution in [3.05, 3.63) is 57.6 Å². The molecule has 0 atom stereocenters. The van der Waals surface area contributed by atoms with Crippen molar-refractivity contribution in [2.45, 2.75) is 26.9 Å². The second-order valence-electron chi connectivity index (χ2n) is 6.63. The molecule has 1 amide bonds. The van der Waals surface area contributed by atoms with Crippen LogP contribution in [0.1, 0.15) is 47.1 Å². The number of nitrogens with one attached hydrogen (secondary N) is 1. The van der Waals surface area contributed by atoms with E-state index in [9.17, 15) is 14.2 Å². The molecule has 164 valence electrons. The number of nitrogens with zero attached hydrogens (tertiary/aromatic N) is 1. The second-order valence-corrected chi connectivity index (χ2v) is 10.6. The van der Waals surface area contributed by atoms with Crippen molar-refractivity contribution < 1.29 is 23.2 Å². The van der Waals surface area contributed by atoms with E-state index in [0.717, 1.165) is 14.7 Å². The highest BCUT2D eigenvalue weighted by atomic mass is 79.9. The normalized spacial score (nSPS) is 11.6. The summed E-state index contributed by atoms with van der Waals surface area (Å²) in [6, 6.07) is 10.3. The van der Waals surface area contributed by atoms with Gasteiger partial charge in [-0.25, -0.2) is 4.98 Å². The van der Waals surface area contributed by atoms with Crippen LogP contribution in [0.15, 0.2) is 40.9 Å². The standard InChI is InChI=1S/C21H22BrN2O5PS/c1-4-28-30(27,29-5-2)12-14-6-8-15(9-7-14)20(26)24-21-23-19-17(13(3)25)10-16(22)11-18(19)31-21/h6-11H,4-5,12H2,1-3H3,(H,23,24,26). The molecule has 10 heteroatoms. The van der Waals surface area contributed by atoms with Gasteiger partial charge in [0.15, 0.2) is 10.9 Å². The highest BCUT2D eigenvalue weighted by molar-refractivity contribution is 9.10. The van der Waals surface area contributed by atoms with Gasteiger partial charge in [-0.05, 0) is 50.6 Å². The summed E-state index contributed by atoms with van der Waals surface area (Å²) in [4.78, 5) is 29.0. The van der Waals surface area contributed by atoms with E-state index >= 15 is 0 Å². The zero-order valence-electron chi connectivity index (χ0n) is 17.3. The number of thiazole rings is 1. The van der Waals surface area contributed by atoms with Gasteiger partial charge in [-0.1, -0.05) is 39.4 Å². The van der Waals surface area contributed by atoms with E-state index < -0.39 is 7.60 Å². The number of halogens is 1. The van der Waals surface area contributed by atoms with E-state index in [-0.39, 0.29) is 17.9 Å². The van der Waals surface area contributed by atoms with Gasteiger partial charge < -0.3 is 9.05 Å². The number of fused-ring (bicyclic) bond motifs is 1. The van der Waals surface area contributed by atoms with Crippen LogP contribution in [-0.4, -0.2) is 29.9 Å². The maximum Gasteiger partial charge on any atom is 0.335 e. The van der Waals surface area contributed by atoms with Gasteiger partial charge in [-0.2, -0.15) is 0 Å². The quantitative estimate of drug-likeness (QED) is 0.261. The lowest BCUT2D eigenvalue weighted by molar-refractivity contribution is 0.101. The number of amides is 1. The molecule has 0 aliphatic heterocycles. The monoisotopic (exact) mass is 524 g/mol. The first kappa shape index (κ1) is 23.8. The first-order valence-corrected chi connectivity index (χ1v) is 13.0. The van der Waals surface area contributed by atoms with E-state index in [4.69, 9.17) is 9.05 Å². The third-order valence-corrected chi connectivity index (χ3v) is 7.73. The van der Waals surface area contributed by atoms with Crippen molar-refractivity contribution in [1.29, 1.82) is 0 Å². The number of anilines is 1. The molecule has 1 N–H and O–H groups in total. The van der Waals surface area contributed by atoms with Crippen molar-refractivity contribution in [3.8, 4) is 0 Å². The average molecular weight is 525 g/mol. The van der Waals surface area contributed by atoms with Crippen LogP contribution in [0.2, 0.25) is 0 Å². The van der Waals surface area contributed by atoms with Gasteiger partial charge in [-0.15, -0.1) is 0 Å². The van der Waals surface area contributed by atoms with E-state index in [2.05, 4.69) is 26.2 Å². The van der Waals surface area contributed by atoms with Crippen molar-refractivity contribution in [2.24, 2.45) is 0 Å². The Morgan fingerprint density at radius 3 is 2.35 bits per heavy atom. The third-order valence-electron chi connectivity index (χ3n) is 4.30. The summed E-state index contributed by atoms with van der Waals surface area (Å²) in [5.41, 5.74) is 2.24.